The zero-order chi connectivity index (χ0) is 24.9. The van der Waals surface area contributed by atoms with Crippen molar-refractivity contribution in [1.29, 1.82) is 0 Å². The Balaban J connectivity index is 0.000000406. The number of carboxylic acids is 1. The van der Waals surface area contributed by atoms with Gasteiger partial charge in [-0.2, -0.15) is 18.2 Å². The molecule has 0 amide bonds. The van der Waals surface area contributed by atoms with Gasteiger partial charge >= 0.3 is 23.6 Å². The lowest BCUT2D eigenvalue weighted by Crippen LogP contribution is -2.21. The molecule has 4 rings (SSSR count). The number of oxazole rings is 1. The monoisotopic (exact) mass is 478 g/mol. The molecule has 4 aromatic rings. The molecule has 2 aromatic carbocycles. The number of nitro groups is 1. The minimum Gasteiger partial charge on any atom is -0.475 e. The zero-order valence-electron chi connectivity index (χ0n) is 16.7. The number of carboxylic acid groups (broad SMARTS) is 1. The maximum absolute atomic E-state index is 11.3. The number of carbonyl (C=O) groups is 1. The highest BCUT2D eigenvalue weighted by molar-refractivity contribution is 5.79. The van der Waals surface area contributed by atoms with Crippen molar-refractivity contribution >= 4 is 45.9 Å². The molecule has 0 atom stereocenters. The number of nitrogens with zero attached hydrogens (tertiary/aromatic N) is 3. The number of hydrogen-bond acceptors (Lipinski definition) is 9. The first kappa shape index (κ1) is 23.7. The number of halogens is 3. The van der Waals surface area contributed by atoms with Crippen molar-refractivity contribution < 1.29 is 32.4 Å². The predicted octanol–water partition coefficient (Wildman–Crippen LogP) is 3.94. The lowest BCUT2D eigenvalue weighted by Gasteiger charge is -2.09. The Hall–Kier alpha value is -4.95. The Morgan fingerprint density at radius 3 is 2.41 bits per heavy atom. The summed E-state index contributed by atoms with van der Waals surface area (Å²) in [5, 5.41) is 24.3. The second kappa shape index (κ2) is 9.68. The summed E-state index contributed by atoms with van der Waals surface area (Å²) < 4.78 is 36.7. The SMILES string of the molecule is O=C(O)C(F)(F)F.O=c1[nH]c2cc(Nc3nc(Nc4ccccc4)ncc3[N+](=O)[O-])ccc2o1. The summed E-state index contributed by atoms with van der Waals surface area (Å²) in [5.74, 6) is -3.12. The predicted molar refractivity (Wildman–Crippen MR) is 112 cm³/mol. The third-order valence-electron chi connectivity index (χ3n) is 3.92. The summed E-state index contributed by atoms with van der Waals surface area (Å²) in [4.78, 5) is 41.6. The van der Waals surface area contributed by atoms with E-state index in [0.29, 0.717) is 16.8 Å². The van der Waals surface area contributed by atoms with Crippen LogP contribution in [0.5, 0.6) is 0 Å². The molecule has 0 bridgehead atoms. The van der Waals surface area contributed by atoms with Gasteiger partial charge in [-0.25, -0.2) is 14.6 Å². The van der Waals surface area contributed by atoms with Crippen LogP contribution >= 0.6 is 0 Å². The summed E-state index contributed by atoms with van der Waals surface area (Å²) in [6, 6.07) is 14.0. The number of benzene rings is 2. The largest absolute Gasteiger partial charge is 0.490 e. The van der Waals surface area contributed by atoms with Crippen molar-refractivity contribution in [3.63, 3.8) is 0 Å². The highest BCUT2D eigenvalue weighted by Crippen LogP contribution is 2.28. The number of rotatable bonds is 5. The van der Waals surface area contributed by atoms with E-state index in [1.807, 2.05) is 30.3 Å². The van der Waals surface area contributed by atoms with E-state index >= 15 is 0 Å². The van der Waals surface area contributed by atoms with Crippen LogP contribution < -0.4 is 16.4 Å². The zero-order valence-corrected chi connectivity index (χ0v) is 16.7. The van der Waals surface area contributed by atoms with Crippen LogP contribution in [0.3, 0.4) is 0 Å². The summed E-state index contributed by atoms with van der Waals surface area (Å²) in [7, 11) is 0. The number of aromatic amines is 1. The smallest absolute Gasteiger partial charge is 0.475 e. The molecule has 0 aliphatic heterocycles. The van der Waals surface area contributed by atoms with Crippen LogP contribution in [-0.4, -0.2) is 37.1 Å². The van der Waals surface area contributed by atoms with Gasteiger partial charge in [-0.15, -0.1) is 0 Å². The Kier molecular flexibility index (Phi) is 6.75. The Labute approximate surface area is 186 Å². The second-order valence-electron chi connectivity index (χ2n) is 6.33. The number of aromatic nitrogens is 3. The summed E-state index contributed by atoms with van der Waals surface area (Å²) in [6.07, 6.45) is -3.96. The minimum atomic E-state index is -5.08. The molecule has 0 saturated heterocycles. The molecule has 4 N–H and O–H groups in total. The molecule has 0 aliphatic rings. The quantitative estimate of drug-likeness (QED) is 0.243. The van der Waals surface area contributed by atoms with Gasteiger partial charge in [-0.3, -0.25) is 15.1 Å². The fourth-order valence-electron chi connectivity index (χ4n) is 2.48. The van der Waals surface area contributed by atoms with Gasteiger partial charge in [0.25, 0.3) is 0 Å². The topological polar surface area (TPSA) is 176 Å². The van der Waals surface area contributed by atoms with Crippen molar-refractivity contribution in [1.82, 2.24) is 15.0 Å². The first-order valence-corrected chi connectivity index (χ1v) is 9.06. The average Bonchev–Trinajstić information content (AvgIpc) is 3.13. The lowest BCUT2D eigenvalue weighted by molar-refractivity contribution is -0.384. The number of nitrogens with one attached hydrogen (secondary N) is 3. The Morgan fingerprint density at radius 1 is 1.12 bits per heavy atom. The van der Waals surface area contributed by atoms with Crippen LogP contribution in [0.4, 0.5) is 42.0 Å². The van der Waals surface area contributed by atoms with Crippen molar-refractivity contribution in [2.45, 2.75) is 6.18 Å². The van der Waals surface area contributed by atoms with Gasteiger partial charge in [0.1, 0.15) is 6.20 Å². The molecular weight excluding hydrogens is 465 g/mol. The van der Waals surface area contributed by atoms with Gasteiger partial charge in [0.15, 0.2) is 5.58 Å². The second-order valence-corrected chi connectivity index (χ2v) is 6.33. The van der Waals surface area contributed by atoms with Gasteiger partial charge < -0.3 is 20.2 Å². The first-order valence-electron chi connectivity index (χ1n) is 9.06. The Bertz CT molecular complexity index is 1390. The number of alkyl halides is 3. The standard InChI is InChI=1S/C17H12N6O4.C2HF3O2/c24-17-21-12-8-11(6-7-14(12)27-17)19-15-13(23(25)26)9-18-16(22-15)20-10-4-2-1-3-5-10;3-2(4,5)1(6)7/h1-9H,(H,21,24)(H2,18,19,20,22);(H,6,7). The molecule has 34 heavy (non-hydrogen) atoms. The number of fused-ring (bicyclic) bond motifs is 1. The van der Waals surface area contributed by atoms with Gasteiger partial charge in [0.2, 0.25) is 11.8 Å². The number of anilines is 4. The molecule has 15 heteroatoms. The molecule has 0 saturated carbocycles. The average molecular weight is 478 g/mol. The highest BCUT2D eigenvalue weighted by atomic mass is 19.4. The van der Waals surface area contributed by atoms with Crippen molar-refractivity contribution in [3.8, 4) is 0 Å². The summed E-state index contributed by atoms with van der Waals surface area (Å²) >= 11 is 0. The van der Waals surface area contributed by atoms with Gasteiger partial charge in [0, 0.05) is 11.4 Å². The molecule has 0 spiro atoms. The maximum atomic E-state index is 11.3. The van der Waals surface area contributed by atoms with E-state index in [1.54, 1.807) is 18.2 Å². The van der Waals surface area contributed by atoms with Gasteiger partial charge in [-0.05, 0) is 30.3 Å². The molecule has 0 unspecified atom stereocenters. The van der Waals surface area contributed by atoms with E-state index in [2.05, 4.69) is 25.6 Å². The molecule has 0 fully saturated rings. The first-order chi connectivity index (χ1) is 16.0. The van der Waals surface area contributed by atoms with E-state index in [-0.39, 0.29) is 17.5 Å². The van der Waals surface area contributed by atoms with E-state index in [9.17, 15) is 28.1 Å². The van der Waals surface area contributed by atoms with Crippen molar-refractivity contribution in [2.24, 2.45) is 0 Å². The van der Waals surface area contributed by atoms with E-state index < -0.39 is 22.8 Å². The van der Waals surface area contributed by atoms with E-state index in [4.69, 9.17) is 14.3 Å². The molecule has 176 valence electrons. The molecular formula is C19H13F3N6O6. The van der Waals surface area contributed by atoms with Crippen LogP contribution in [0, 0.1) is 10.1 Å². The molecule has 0 aliphatic carbocycles. The number of H-pyrrole nitrogens is 1. The highest BCUT2D eigenvalue weighted by Gasteiger charge is 2.38. The number of hydrogen-bond donors (Lipinski definition) is 4. The van der Waals surface area contributed by atoms with Crippen LogP contribution in [-0.2, 0) is 4.79 Å². The van der Waals surface area contributed by atoms with Crippen LogP contribution in [0.25, 0.3) is 11.1 Å². The van der Waals surface area contributed by atoms with E-state index in [1.165, 1.54) is 0 Å². The van der Waals surface area contributed by atoms with E-state index in [0.717, 1.165) is 11.9 Å². The third kappa shape index (κ3) is 6.06. The fraction of sp³-hybridized carbons (Fsp3) is 0.0526. The molecule has 12 nitrogen and oxygen atoms in total. The summed E-state index contributed by atoms with van der Waals surface area (Å²) in [6.45, 7) is 0. The van der Waals surface area contributed by atoms with Gasteiger partial charge in [0.05, 0.1) is 10.4 Å². The lowest BCUT2D eigenvalue weighted by atomic mass is 10.3. The van der Waals surface area contributed by atoms with Crippen molar-refractivity contribution in [2.75, 3.05) is 10.6 Å². The fourth-order valence-corrected chi connectivity index (χ4v) is 2.48. The normalized spacial score (nSPS) is 10.8. The minimum absolute atomic E-state index is 0.0126. The Morgan fingerprint density at radius 2 is 1.79 bits per heavy atom. The number of aliphatic carboxylic acids is 1. The molecule has 0 radical (unpaired) electrons. The van der Waals surface area contributed by atoms with Crippen LogP contribution in [0.15, 0.2) is 63.9 Å². The van der Waals surface area contributed by atoms with Crippen LogP contribution in [0.2, 0.25) is 0 Å². The van der Waals surface area contributed by atoms with Crippen molar-refractivity contribution in [3.05, 3.63) is 75.4 Å². The molecule has 2 aromatic heterocycles. The van der Waals surface area contributed by atoms with Crippen LogP contribution in [0.1, 0.15) is 0 Å². The van der Waals surface area contributed by atoms with Gasteiger partial charge in [-0.1, -0.05) is 18.2 Å². The number of para-hydroxylation sites is 1. The maximum Gasteiger partial charge on any atom is 0.490 e. The summed E-state index contributed by atoms with van der Waals surface area (Å²) in [5.41, 5.74) is 1.80. The third-order valence-corrected chi connectivity index (χ3v) is 3.92. The molecule has 2 heterocycles.